The Bertz CT molecular complexity index is 426. The number of alkyl halides is 3. The smallest absolute Gasteiger partial charge is 0.311 e. The summed E-state index contributed by atoms with van der Waals surface area (Å²) in [6.45, 7) is 0. The summed E-state index contributed by atoms with van der Waals surface area (Å²) in [6, 6.07) is 0. The molecular weight excluding hydrogens is 259 g/mol. The SMILES string of the molecule is COC(=O)Cc1ncc(C(F)F)c(F)c1CCl. The zero-order chi connectivity index (χ0) is 13.0. The number of hydrogen-bond donors (Lipinski definition) is 0. The van der Waals surface area contributed by atoms with E-state index in [0.29, 0.717) is 6.20 Å². The lowest BCUT2D eigenvalue weighted by Gasteiger charge is -2.09. The Hall–Kier alpha value is -1.30. The lowest BCUT2D eigenvalue weighted by molar-refractivity contribution is -0.139. The van der Waals surface area contributed by atoms with Crippen LogP contribution in [-0.2, 0) is 21.8 Å². The van der Waals surface area contributed by atoms with Crippen LogP contribution in [0.4, 0.5) is 13.2 Å². The summed E-state index contributed by atoms with van der Waals surface area (Å²) in [4.78, 5) is 14.6. The molecule has 0 fully saturated rings. The molecule has 7 heteroatoms. The second kappa shape index (κ2) is 5.86. The molecule has 0 atom stereocenters. The summed E-state index contributed by atoms with van der Waals surface area (Å²) in [5.74, 6) is -2.11. The van der Waals surface area contributed by atoms with Gasteiger partial charge < -0.3 is 4.74 Å². The zero-order valence-corrected chi connectivity index (χ0v) is 9.60. The van der Waals surface area contributed by atoms with Gasteiger partial charge in [0.1, 0.15) is 5.82 Å². The van der Waals surface area contributed by atoms with Crippen LogP contribution in [0.3, 0.4) is 0 Å². The Morgan fingerprint density at radius 3 is 2.71 bits per heavy atom. The normalized spacial score (nSPS) is 10.7. The van der Waals surface area contributed by atoms with E-state index < -0.39 is 23.8 Å². The first-order chi connectivity index (χ1) is 8.01. The lowest BCUT2D eigenvalue weighted by atomic mass is 10.1. The van der Waals surface area contributed by atoms with Crippen molar-refractivity contribution in [3.05, 3.63) is 28.8 Å². The van der Waals surface area contributed by atoms with Gasteiger partial charge in [0.25, 0.3) is 6.43 Å². The largest absolute Gasteiger partial charge is 0.469 e. The first-order valence-electron chi connectivity index (χ1n) is 4.58. The van der Waals surface area contributed by atoms with Crippen molar-refractivity contribution in [2.24, 2.45) is 0 Å². The maximum Gasteiger partial charge on any atom is 0.311 e. The van der Waals surface area contributed by atoms with Crippen LogP contribution in [0.25, 0.3) is 0 Å². The van der Waals surface area contributed by atoms with Gasteiger partial charge in [0.05, 0.1) is 30.7 Å². The number of hydrogen-bond acceptors (Lipinski definition) is 3. The first kappa shape index (κ1) is 13.8. The van der Waals surface area contributed by atoms with E-state index in [0.717, 1.165) is 7.11 Å². The molecule has 0 unspecified atom stereocenters. The van der Waals surface area contributed by atoms with Crippen molar-refractivity contribution in [2.45, 2.75) is 18.7 Å². The molecular formula is C10H9ClF3NO2. The number of nitrogens with zero attached hydrogens (tertiary/aromatic N) is 1. The average molecular weight is 268 g/mol. The van der Waals surface area contributed by atoms with Gasteiger partial charge in [-0.1, -0.05) is 0 Å². The van der Waals surface area contributed by atoms with Crippen LogP contribution in [-0.4, -0.2) is 18.1 Å². The van der Waals surface area contributed by atoms with Gasteiger partial charge in [0.2, 0.25) is 0 Å². The van der Waals surface area contributed by atoms with Crippen LogP contribution in [0, 0.1) is 5.82 Å². The van der Waals surface area contributed by atoms with Crippen LogP contribution < -0.4 is 0 Å². The molecule has 0 aliphatic heterocycles. The monoisotopic (exact) mass is 267 g/mol. The average Bonchev–Trinajstić information content (AvgIpc) is 2.28. The maximum absolute atomic E-state index is 13.6. The van der Waals surface area contributed by atoms with Crippen LogP contribution in [0.1, 0.15) is 23.2 Å². The molecule has 3 nitrogen and oxygen atoms in total. The van der Waals surface area contributed by atoms with E-state index in [9.17, 15) is 18.0 Å². The van der Waals surface area contributed by atoms with Crippen molar-refractivity contribution in [3.63, 3.8) is 0 Å². The quantitative estimate of drug-likeness (QED) is 0.622. The number of ether oxygens (including phenoxy) is 1. The molecule has 0 aliphatic rings. The molecule has 0 N–H and O–H groups in total. The second-order valence-corrected chi connectivity index (χ2v) is 3.41. The predicted octanol–water partition coefficient (Wildman–Crippen LogP) is 2.61. The number of pyridine rings is 1. The van der Waals surface area contributed by atoms with Gasteiger partial charge in [-0.05, 0) is 0 Å². The minimum Gasteiger partial charge on any atom is -0.469 e. The van der Waals surface area contributed by atoms with Gasteiger partial charge in [-0.15, -0.1) is 11.6 Å². The summed E-state index contributed by atoms with van der Waals surface area (Å²) in [6.07, 6.45) is -2.58. The number of carbonyl (C=O) groups is 1. The number of rotatable bonds is 4. The van der Waals surface area contributed by atoms with Crippen LogP contribution in [0.15, 0.2) is 6.20 Å². The Morgan fingerprint density at radius 1 is 1.59 bits per heavy atom. The molecule has 1 heterocycles. The number of esters is 1. The molecule has 0 saturated heterocycles. The second-order valence-electron chi connectivity index (χ2n) is 3.14. The third-order valence-electron chi connectivity index (χ3n) is 2.13. The molecule has 0 radical (unpaired) electrons. The summed E-state index contributed by atoms with van der Waals surface area (Å²) in [7, 11) is 1.16. The van der Waals surface area contributed by atoms with E-state index in [2.05, 4.69) is 9.72 Å². The van der Waals surface area contributed by atoms with E-state index in [4.69, 9.17) is 11.6 Å². The fourth-order valence-electron chi connectivity index (χ4n) is 1.23. The Labute approximate surface area is 101 Å². The predicted molar refractivity (Wildman–Crippen MR) is 54.4 cm³/mol. The highest BCUT2D eigenvalue weighted by Crippen LogP contribution is 2.26. The highest BCUT2D eigenvalue weighted by Gasteiger charge is 2.21. The number of halogens is 4. The zero-order valence-electron chi connectivity index (χ0n) is 8.84. The fourth-order valence-corrected chi connectivity index (χ4v) is 1.50. The topological polar surface area (TPSA) is 39.2 Å². The van der Waals surface area contributed by atoms with Crippen molar-refractivity contribution in [2.75, 3.05) is 7.11 Å². The van der Waals surface area contributed by atoms with Crippen LogP contribution >= 0.6 is 11.6 Å². The molecule has 0 bridgehead atoms. The summed E-state index contributed by atoms with van der Waals surface area (Å²) in [5.41, 5.74) is -1.02. The highest BCUT2D eigenvalue weighted by atomic mass is 35.5. The summed E-state index contributed by atoms with van der Waals surface area (Å²) < 4.78 is 42.7. The van der Waals surface area contributed by atoms with E-state index >= 15 is 0 Å². The summed E-state index contributed by atoms with van der Waals surface area (Å²) in [5, 5.41) is 0. The molecule has 1 aromatic rings. The maximum atomic E-state index is 13.6. The molecule has 0 amide bonds. The van der Waals surface area contributed by atoms with Crippen molar-refractivity contribution in [1.29, 1.82) is 0 Å². The van der Waals surface area contributed by atoms with Gasteiger partial charge in [-0.3, -0.25) is 9.78 Å². The van der Waals surface area contributed by atoms with Gasteiger partial charge in [-0.25, -0.2) is 13.2 Å². The van der Waals surface area contributed by atoms with Crippen molar-refractivity contribution in [1.82, 2.24) is 4.98 Å². The fraction of sp³-hybridized carbons (Fsp3) is 0.400. The number of carbonyl (C=O) groups excluding carboxylic acids is 1. The van der Waals surface area contributed by atoms with Crippen molar-refractivity contribution in [3.8, 4) is 0 Å². The molecule has 1 rings (SSSR count). The Balaban J connectivity index is 3.16. The minimum absolute atomic E-state index is 0.00810. The Morgan fingerprint density at radius 2 is 2.24 bits per heavy atom. The van der Waals surface area contributed by atoms with Crippen molar-refractivity contribution < 1.29 is 22.7 Å². The van der Waals surface area contributed by atoms with E-state index in [-0.39, 0.29) is 23.6 Å². The minimum atomic E-state index is -2.98. The van der Waals surface area contributed by atoms with Crippen LogP contribution in [0.5, 0.6) is 0 Å². The van der Waals surface area contributed by atoms with Gasteiger partial charge in [0, 0.05) is 11.8 Å². The third-order valence-corrected chi connectivity index (χ3v) is 2.40. The lowest BCUT2D eigenvalue weighted by Crippen LogP contribution is -2.11. The molecule has 17 heavy (non-hydrogen) atoms. The first-order valence-corrected chi connectivity index (χ1v) is 5.11. The van der Waals surface area contributed by atoms with Crippen molar-refractivity contribution >= 4 is 17.6 Å². The molecule has 0 spiro atoms. The summed E-state index contributed by atoms with van der Waals surface area (Å²) >= 11 is 5.46. The molecule has 0 aliphatic carbocycles. The van der Waals surface area contributed by atoms with E-state index in [1.165, 1.54) is 0 Å². The third kappa shape index (κ3) is 3.09. The molecule has 94 valence electrons. The number of aromatic nitrogens is 1. The standard InChI is InChI=1S/C10H9ClF3NO2/c1-17-8(16)2-7-5(3-11)9(12)6(4-15-7)10(13)14/h4,10H,2-3H2,1H3. The van der Waals surface area contributed by atoms with Gasteiger partial charge in [-0.2, -0.15) is 0 Å². The molecule has 0 saturated carbocycles. The van der Waals surface area contributed by atoms with Gasteiger partial charge in [0.15, 0.2) is 0 Å². The highest BCUT2D eigenvalue weighted by molar-refractivity contribution is 6.17. The van der Waals surface area contributed by atoms with E-state index in [1.54, 1.807) is 0 Å². The number of methoxy groups -OCH3 is 1. The molecule has 0 aromatic carbocycles. The van der Waals surface area contributed by atoms with E-state index in [1.807, 2.05) is 0 Å². The molecule has 1 aromatic heterocycles. The van der Waals surface area contributed by atoms with Gasteiger partial charge >= 0.3 is 5.97 Å². The van der Waals surface area contributed by atoms with Crippen LogP contribution in [0.2, 0.25) is 0 Å². The Kier molecular flexibility index (Phi) is 4.74.